The summed E-state index contributed by atoms with van der Waals surface area (Å²) in [7, 11) is 0. The summed E-state index contributed by atoms with van der Waals surface area (Å²) < 4.78 is 0. The maximum atomic E-state index is 8.88. The van der Waals surface area contributed by atoms with Crippen LogP contribution in [0.4, 0.5) is 0 Å². The van der Waals surface area contributed by atoms with Crippen molar-refractivity contribution in [2.45, 2.75) is 23.6 Å². The van der Waals surface area contributed by atoms with Gasteiger partial charge in [-0.2, -0.15) is 5.26 Å². The van der Waals surface area contributed by atoms with E-state index in [1.807, 2.05) is 19.1 Å². The van der Waals surface area contributed by atoms with Crippen molar-refractivity contribution in [3.63, 3.8) is 0 Å². The first-order chi connectivity index (χ1) is 8.19. The van der Waals surface area contributed by atoms with Gasteiger partial charge in [0.15, 0.2) is 0 Å². The normalized spacial score (nSPS) is 9.94. The molecule has 0 aliphatic carbocycles. The van der Waals surface area contributed by atoms with Crippen molar-refractivity contribution in [3.8, 4) is 6.07 Å². The minimum Gasteiger partial charge on any atom is -0.192 e. The Bertz CT molecular complexity index is 582. The molecule has 84 valence electrons. The molecule has 0 aliphatic rings. The molecule has 0 unspecified atom stereocenters. The van der Waals surface area contributed by atoms with Gasteiger partial charge in [0, 0.05) is 9.79 Å². The minimum atomic E-state index is 0.749. The van der Waals surface area contributed by atoms with Gasteiger partial charge in [-0.1, -0.05) is 29.5 Å². The molecule has 17 heavy (non-hydrogen) atoms. The lowest BCUT2D eigenvalue weighted by molar-refractivity contribution is 1.30. The van der Waals surface area contributed by atoms with Gasteiger partial charge in [-0.15, -0.1) is 0 Å². The number of aryl methyl sites for hydroxylation is 2. The van der Waals surface area contributed by atoms with E-state index in [1.165, 1.54) is 15.4 Å². The molecule has 0 atom stereocenters. The Balaban J connectivity index is 2.25. The molecule has 0 spiro atoms. The van der Waals surface area contributed by atoms with Crippen molar-refractivity contribution in [1.29, 1.82) is 5.26 Å². The Kier molecular flexibility index (Phi) is 3.51. The maximum Gasteiger partial charge on any atom is 0.0994 e. The summed E-state index contributed by atoms with van der Waals surface area (Å²) in [5.41, 5.74) is 3.05. The zero-order valence-electron chi connectivity index (χ0n) is 9.90. The van der Waals surface area contributed by atoms with E-state index in [2.05, 4.69) is 43.3 Å². The van der Waals surface area contributed by atoms with Crippen molar-refractivity contribution in [2.75, 3.05) is 0 Å². The van der Waals surface area contributed by atoms with Gasteiger partial charge in [0.1, 0.15) is 0 Å². The molecule has 2 rings (SSSR count). The van der Waals surface area contributed by atoms with E-state index in [9.17, 15) is 0 Å². The molecule has 2 heteroatoms. The second-order valence-corrected chi connectivity index (χ2v) is 5.15. The molecule has 0 heterocycles. The van der Waals surface area contributed by atoms with Crippen LogP contribution in [0.2, 0.25) is 0 Å². The monoisotopic (exact) mass is 239 g/mol. The lowest BCUT2D eigenvalue weighted by atomic mass is 10.1. The largest absolute Gasteiger partial charge is 0.192 e. The lowest BCUT2D eigenvalue weighted by Gasteiger charge is -2.04. The van der Waals surface area contributed by atoms with Crippen molar-refractivity contribution in [3.05, 3.63) is 59.2 Å². The topological polar surface area (TPSA) is 23.8 Å². The first kappa shape index (κ1) is 11.8. The summed E-state index contributed by atoms with van der Waals surface area (Å²) >= 11 is 1.73. The standard InChI is InChI=1S/C15H13NS/c1-11-4-3-5-14(8-11)17-15-7-6-13(10-16)12(2)9-15/h3-9H,1-2H3. The molecule has 0 saturated carbocycles. The molecule has 2 aromatic carbocycles. The summed E-state index contributed by atoms with van der Waals surface area (Å²) in [6, 6.07) is 16.6. The number of rotatable bonds is 2. The van der Waals surface area contributed by atoms with Crippen LogP contribution < -0.4 is 0 Å². The highest BCUT2D eigenvalue weighted by molar-refractivity contribution is 7.99. The molecular weight excluding hydrogens is 226 g/mol. The second kappa shape index (κ2) is 5.07. The van der Waals surface area contributed by atoms with Crippen LogP contribution in [0.3, 0.4) is 0 Å². The van der Waals surface area contributed by atoms with Gasteiger partial charge in [-0.3, -0.25) is 0 Å². The van der Waals surface area contributed by atoms with Crippen LogP contribution >= 0.6 is 11.8 Å². The van der Waals surface area contributed by atoms with Gasteiger partial charge in [-0.05, 0) is 49.7 Å². The molecule has 0 radical (unpaired) electrons. The summed E-state index contributed by atoms with van der Waals surface area (Å²) in [4.78, 5) is 2.40. The van der Waals surface area contributed by atoms with Crippen LogP contribution in [-0.2, 0) is 0 Å². The van der Waals surface area contributed by atoms with E-state index in [4.69, 9.17) is 5.26 Å². The third kappa shape index (κ3) is 2.89. The highest BCUT2D eigenvalue weighted by Gasteiger charge is 2.01. The summed E-state index contributed by atoms with van der Waals surface area (Å²) in [5, 5.41) is 8.88. The lowest BCUT2D eigenvalue weighted by Crippen LogP contribution is -1.83. The van der Waals surface area contributed by atoms with Crippen LogP contribution in [0.25, 0.3) is 0 Å². The van der Waals surface area contributed by atoms with Crippen LogP contribution in [0.15, 0.2) is 52.3 Å². The first-order valence-corrected chi connectivity index (χ1v) is 6.26. The smallest absolute Gasteiger partial charge is 0.0994 e. The third-order valence-electron chi connectivity index (χ3n) is 2.54. The third-order valence-corrected chi connectivity index (χ3v) is 3.52. The van der Waals surface area contributed by atoms with Gasteiger partial charge in [0.25, 0.3) is 0 Å². The van der Waals surface area contributed by atoms with E-state index < -0.39 is 0 Å². The van der Waals surface area contributed by atoms with E-state index >= 15 is 0 Å². The van der Waals surface area contributed by atoms with Gasteiger partial charge >= 0.3 is 0 Å². The summed E-state index contributed by atoms with van der Waals surface area (Å²) in [5.74, 6) is 0. The Morgan fingerprint density at radius 3 is 2.41 bits per heavy atom. The molecule has 2 aromatic rings. The maximum absolute atomic E-state index is 8.88. The first-order valence-electron chi connectivity index (χ1n) is 5.44. The Labute approximate surface area is 106 Å². The predicted molar refractivity (Wildman–Crippen MR) is 71.2 cm³/mol. The number of hydrogen-bond donors (Lipinski definition) is 0. The average molecular weight is 239 g/mol. The highest BCUT2D eigenvalue weighted by atomic mass is 32.2. The minimum absolute atomic E-state index is 0.749. The zero-order valence-corrected chi connectivity index (χ0v) is 10.7. The molecule has 1 nitrogen and oxygen atoms in total. The summed E-state index contributed by atoms with van der Waals surface area (Å²) in [6.45, 7) is 4.06. The number of nitrogens with zero attached hydrogens (tertiary/aromatic N) is 1. The van der Waals surface area contributed by atoms with E-state index in [1.54, 1.807) is 11.8 Å². The molecule has 0 N–H and O–H groups in total. The Morgan fingerprint density at radius 2 is 1.76 bits per heavy atom. The quantitative estimate of drug-likeness (QED) is 0.779. The molecule has 0 fully saturated rings. The van der Waals surface area contributed by atoms with Gasteiger partial charge < -0.3 is 0 Å². The van der Waals surface area contributed by atoms with Gasteiger partial charge in [0.2, 0.25) is 0 Å². The van der Waals surface area contributed by atoms with Crippen molar-refractivity contribution < 1.29 is 0 Å². The van der Waals surface area contributed by atoms with Crippen LogP contribution in [0, 0.1) is 25.2 Å². The Morgan fingerprint density at radius 1 is 1.00 bits per heavy atom. The van der Waals surface area contributed by atoms with Crippen molar-refractivity contribution >= 4 is 11.8 Å². The molecule has 0 saturated heterocycles. The van der Waals surface area contributed by atoms with Gasteiger partial charge in [0.05, 0.1) is 11.6 Å². The Hall–Kier alpha value is -1.72. The van der Waals surface area contributed by atoms with E-state index in [0.717, 1.165) is 11.1 Å². The van der Waals surface area contributed by atoms with E-state index in [0.29, 0.717) is 0 Å². The predicted octanol–water partition coefficient (Wildman–Crippen LogP) is 4.33. The van der Waals surface area contributed by atoms with Crippen molar-refractivity contribution in [1.82, 2.24) is 0 Å². The molecular formula is C15H13NS. The fourth-order valence-electron chi connectivity index (χ4n) is 1.64. The fraction of sp³-hybridized carbons (Fsp3) is 0.133. The zero-order chi connectivity index (χ0) is 12.3. The average Bonchev–Trinajstić information content (AvgIpc) is 2.29. The van der Waals surface area contributed by atoms with E-state index in [-0.39, 0.29) is 0 Å². The molecule has 0 aliphatic heterocycles. The SMILES string of the molecule is Cc1cccc(Sc2ccc(C#N)c(C)c2)c1. The molecule has 0 amide bonds. The number of nitriles is 1. The van der Waals surface area contributed by atoms with Crippen LogP contribution in [0.1, 0.15) is 16.7 Å². The number of benzene rings is 2. The number of hydrogen-bond acceptors (Lipinski definition) is 2. The molecule has 0 bridgehead atoms. The van der Waals surface area contributed by atoms with Gasteiger partial charge in [-0.25, -0.2) is 0 Å². The second-order valence-electron chi connectivity index (χ2n) is 4.01. The van der Waals surface area contributed by atoms with Crippen molar-refractivity contribution in [2.24, 2.45) is 0 Å². The highest BCUT2D eigenvalue weighted by Crippen LogP contribution is 2.29. The van der Waals surface area contributed by atoms with Crippen LogP contribution in [0.5, 0.6) is 0 Å². The summed E-state index contributed by atoms with van der Waals surface area (Å²) in [6.07, 6.45) is 0. The fourth-order valence-corrected chi connectivity index (χ4v) is 2.68. The molecule has 0 aromatic heterocycles. The van der Waals surface area contributed by atoms with Crippen LogP contribution in [-0.4, -0.2) is 0 Å².